The smallest absolute Gasteiger partial charge is 0.232 e. The van der Waals surface area contributed by atoms with Crippen LogP contribution in [-0.2, 0) is 9.59 Å². The van der Waals surface area contributed by atoms with Gasteiger partial charge in [0.2, 0.25) is 11.8 Å². The molecule has 0 saturated carbocycles. The fourth-order valence-electron chi connectivity index (χ4n) is 1.40. The Bertz CT molecular complexity index is 201. The van der Waals surface area contributed by atoms with E-state index in [0.29, 0.717) is 13.0 Å². The van der Waals surface area contributed by atoms with Crippen molar-refractivity contribution in [1.29, 1.82) is 0 Å². The molecule has 0 aromatic rings. The molecule has 1 aliphatic rings. The number of hydrogen-bond acceptors (Lipinski definition) is 2. The van der Waals surface area contributed by atoms with Gasteiger partial charge < -0.3 is 0 Å². The van der Waals surface area contributed by atoms with Crippen LogP contribution in [0.25, 0.3) is 0 Å². The molecule has 0 aromatic heterocycles. The van der Waals surface area contributed by atoms with Gasteiger partial charge in [0.05, 0.1) is 0 Å². The highest BCUT2D eigenvalue weighted by Gasteiger charge is 2.34. The van der Waals surface area contributed by atoms with Gasteiger partial charge in [0.25, 0.3) is 0 Å². The zero-order valence-electron chi connectivity index (χ0n) is 7.67. The molecule has 3 nitrogen and oxygen atoms in total. The van der Waals surface area contributed by atoms with Gasteiger partial charge in [-0.15, -0.1) is 0 Å². The molecular weight excluding hydrogens is 154 g/mol. The monoisotopic (exact) mass is 169 g/mol. The zero-order chi connectivity index (χ0) is 9.14. The minimum absolute atomic E-state index is 0.000880. The van der Waals surface area contributed by atoms with E-state index in [9.17, 15) is 9.59 Å². The summed E-state index contributed by atoms with van der Waals surface area (Å²) >= 11 is 0. The number of hydrogen-bond donors (Lipinski definition) is 0. The van der Waals surface area contributed by atoms with Crippen molar-refractivity contribution in [1.82, 2.24) is 4.90 Å². The van der Waals surface area contributed by atoms with Crippen LogP contribution in [0.2, 0.25) is 0 Å². The van der Waals surface area contributed by atoms with Crippen molar-refractivity contribution in [2.75, 3.05) is 6.54 Å². The number of carbonyl (C=O) groups excluding carboxylic acids is 2. The van der Waals surface area contributed by atoms with Gasteiger partial charge in [0, 0.05) is 18.9 Å². The van der Waals surface area contributed by atoms with E-state index in [2.05, 4.69) is 6.92 Å². The third-order valence-corrected chi connectivity index (χ3v) is 2.20. The molecule has 3 heteroatoms. The molecule has 12 heavy (non-hydrogen) atoms. The Morgan fingerprint density at radius 2 is 2.17 bits per heavy atom. The van der Waals surface area contributed by atoms with Gasteiger partial charge in [-0.3, -0.25) is 14.5 Å². The Morgan fingerprint density at radius 3 is 2.58 bits per heavy atom. The standard InChI is InChI=1S/C9H15NO2/c1-3-4-5-10-8(11)6-7(2)9(10)12/h7H,3-6H2,1-2H3/t7-/m1/s1. The van der Waals surface area contributed by atoms with E-state index in [0.717, 1.165) is 12.8 Å². The second kappa shape index (κ2) is 3.70. The summed E-state index contributed by atoms with van der Waals surface area (Å²) in [6.45, 7) is 4.47. The van der Waals surface area contributed by atoms with Crippen LogP contribution < -0.4 is 0 Å². The van der Waals surface area contributed by atoms with E-state index < -0.39 is 0 Å². The number of imide groups is 1. The minimum Gasteiger partial charge on any atom is -0.282 e. The SMILES string of the molecule is CCCCN1C(=O)C[C@@H](C)C1=O. The van der Waals surface area contributed by atoms with Crippen LogP contribution in [0, 0.1) is 5.92 Å². The maximum Gasteiger partial charge on any atom is 0.232 e. The number of likely N-dealkylation sites (tertiary alicyclic amines) is 1. The van der Waals surface area contributed by atoms with Crippen LogP contribution in [0.3, 0.4) is 0 Å². The van der Waals surface area contributed by atoms with Gasteiger partial charge in [-0.1, -0.05) is 20.3 Å². The van der Waals surface area contributed by atoms with Crippen LogP contribution >= 0.6 is 0 Å². The number of amides is 2. The fourth-order valence-corrected chi connectivity index (χ4v) is 1.40. The molecule has 0 bridgehead atoms. The predicted octanol–water partition coefficient (Wildman–Crippen LogP) is 1.18. The molecule has 1 rings (SSSR count). The highest BCUT2D eigenvalue weighted by molar-refractivity contribution is 6.03. The summed E-state index contributed by atoms with van der Waals surface area (Å²) in [4.78, 5) is 23.9. The van der Waals surface area contributed by atoms with Gasteiger partial charge in [-0.05, 0) is 6.42 Å². The van der Waals surface area contributed by atoms with Gasteiger partial charge in [0.1, 0.15) is 0 Å². The maximum absolute atomic E-state index is 11.3. The number of nitrogens with zero attached hydrogens (tertiary/aromatic N) is 1. The molecule has 68 valence electrons. The summed E-state index contributed by atoms with van der Waals surface area (Å²) in [7, 11) is 0. The Morgan fingerprint density at radius 1 is 1.50 bits per heavy atom. The normalized spacial score (nSPS) is 23.8. The van der Waals surface area contributed by atoms with E-state index >= 15 is 0 Å². The molecule has 1 fully saturated rings. The molecule has 0 aliphatic carbocycles. The van der Waals surface area contributed by atoms with Crippen LogP contribution in [0.4, 0.5) is 0 Å². The van der Waals surface area contributed by atoms with Gasteiger partial charge >= 0.3 is 0 Å². The first-order chi connectivity index (χ1) is 5.66. The first kappa shape index (κ1) is 9.23. The van der Waals surface area contributed by atoms with Gasteiger partial charge in [-0.2, -0.15) is 0 Å². The number of carbonyl (C=O) groups is 2. The van der Waals surface area contributed by atoms with Crippen molar-refractivity contribution in [3.8, 4) is 0 Å². The summed E-state index contributed by atoms with van der Waals surface area (Å²) in [5.41, 5.74) is 0. The Hall–Kier alpha value is -0.860. The third-order valence-electron chi connectivity index (χ3n) is 2.20. The van der Waals surface area contributed by atoms with Crippen molar-refractivity contribution < 1.29 is 9.59 Å². The molecular formula is C9H15NO2. The fraction of sp³-hybridized carbons (Fsp3) is 0.778. The van der Waals surface area contributed by atoms with Crippen LogP contribution in [0.5, 0.6) is 0 Å². The Balaban J connectivity index is 2.52. The first-order valence-corrected chi connectivity index (χ1v) is 4.51. The van der Waals surface area contributed by atoms with E-state index in [-0.39, 0.29) is 17.7 Å². The van der Waals surface area contributed by atoms with Crippen molar-refractivity contribution in [2.45, 2.75) is 33.1 Å². The summed E-state index contributed by atoms with van der Waals surface area (Å²) in [5.74, 6) is -0.0799. The quantitative estimate of drug-likeness (QED) is 0.595. The molecule has 2 amide bonds. The summed E-state index contributed by atoms with van der Waals surface area (Å²) in [6.07, 6.45) is 2.35. The second-order valence-corrected chi connectivity index (χ2v) is 3.34. The van der Waals surface area contributed by atoms with Crippen molar-refractivity contribution in [3.63, 3.8) is 0 Å². The molecule has 1 aliphatic heterocycles. The summed E-state index contributed by atoms with van der Waals surface area (Å²) in [6, 6.07) is 0. The molecule has 1 heterocycles. The largest absolute Gasteiger partial charge is 0.282 e. The van der Waals surface area contributed by atoms with E-state index in [1.807, 2.05) is 6.92 Å². The van der Waals surface area contributed by atoms with E-state index in [1.54, 1.807) is 0 Å². The molecule has 1 atom stereocenters. The minimum atomic E-state index is -0.0886. The van der Waals surface area contributed by atoms with Crippen molar-refractivity contribution in [3.05, 3.63) is 0 Å². The molecule has 1 saturated heterocycles. The van der Waals surface area contributed by atoms with Gasteiger partial charge in [-0.25, -0.2) is 0 Å². The van der Waals surface area contributed by atoms with Crippen LogP contribution in [0.15, 0.2) is 0 Å². The average Bonchev–Trinajstić information content (AvgIpc) is 2.25. The Kier molecular flexibility index (Phi) is 2.84. The lowest BCUT2D eigenvalue weighted by Crippen LogP contribution is -2.31. The lowest BCUT2D eigenvalue weighted by atomic mass is 10.1. The van der Waals surface area contributed by atoms with Crippen LogP contribution in [0.1, 0.15) is 33.1 Å². The average molecular weight is 169 g/mol. The zero-order valence-corrected chi connectivity index (χ0v) is 7.67. The number of unbranched alkanes of at least 4 members (excludes halogenated alkanes) is 1. The molecule has 0 aromatic carbocycles. The predicted molar refractivity (Wildman–Crippen MR) is 45.4 cm³/mol. The van der Waals surface area contributed by atoms with Crippen molar-refractivity contribution in [2.24, 2.45) is 5.92 Å². The summed E-state index contributed by atoms with van der Waals surface area (Å²) < 4.78 is 0. The second-order valence-electron chi connectivity index (χ2n) is 3.34. The van der Waals surface area contributed by atoms with Crippen LogP contribution in [-0.4, -0.2) is 23.3 Å². The van der Waals surface area contributed by atoms with Gasteiger partial charge in [0.15, 0.2) is 0 Å². The maximum atomic E-state index is 11.3. The lowest BCUT2D eigenvalue weighted by Gasteiger charge is -2.12. The lowest BCUT2D eigenvalue weighted by molar-refractivity contribution is -0.139. The molecule has 0 unspecified atom stereocenters. The number of rotatable bonds is 3. The highest BCUT2D eigenvalue weighted by atomic mass is 16.2. The third kappa shape index (κ3) is 1.65. The molecule has 0 radical (unpaired) electrons. The Labute approximate surface area is 72.7 Å². The van der Waals surface area contributed by atoms with E-state index in [1.165, 1.54) is 4.90 Å². The van der Waals surface area contributed by atoms with Crippen molar-refractivity contribution >= 4 is 11.8 Å². The van der Waals surface area contributed by atoms with E-state index in [4.69, 9.17) is 0 Å². The highest BCUT2D eigenvalue weighted by Crippen LogP contribution is 2.18. The molecule has 0 spiro atoms. The molecule has 0 N–H and O–H groups in total. The summed E-state index contributed by atoms with van der Waals surface area (Å²) in [5, 5.41) is 0. The first-order valence-electron chi connectivity index (χ1n) is 4.51. The topological polar surface area (TPSA) is 37.4 Å².